The van der Waals surface area contributed by atoms with E-state index in [-0.39, 0.29) is 16.9 Å². The molecule has 1 N–H and O–H groups in total. The molecule has 4 rings (SSSR count). The Morgan fingerprint density at radius 3 is 2.72 bits per heavy atom. The first-order valence-corrected chi connectivity index (χ1v) is 12.8. The van der Waals surface area contributed by atoms with E-state index in [4.69, 9.17) is 14.2 Å². The molecule has 1 amide bonds. The lowest BCUT2D eigenvalue weighted by Crippen LogP contribution is -2.51. The number of carbonyl (C=O) groups is 1. The molecule has 0 aromatic heterocycles. The Morgan fingerprint density at radius 1 is 1.16 bits per heavy atom. The monoisotopic (exact) mass is 467 g/mol. The lowest BCUT2D eigenvalue weighted by molar-refractivity contribution is -0.125. The molecule has 3 aliphatic heterocycles. The maximum atomic E-state index is 13.3. The first-order valence-electron chi connectivity index (χ1n) is 11.4. The van der Waals surface area contributed by atoms with Gasteiger partial charge in [-0.1, -0.05) is 13.8 Å². The average Bonchev–Trinajstić information content (AvgIpc) is 3.28. The van der Waals surface area contributed by atoms with E-state index in [0.29, 0.717) is 63.2 Å². The molecule has 1 aromatic carbocycles. The van der Waals surface area contributed by atoms with Gasteiger partial charge in [0.15, 0.2) is 11.5 Å². The summed E-state index contributed by atoms with van der Waals surface area (Å²) in [5, 5.41) is 2.93. The number of ether oxygens (including phenoxy) is 3. The molecule has 0 bridgehead atoms. The Balaban J connectivity index is 1.39. The molecular weight excluding hydrogens is 434 g/mol. The third kappa shape index (κ3) is 5.19. The van der Waals surface area contributed by atoms with E-state index in [2.05, 4.69) is 24.1 Å². The predicted molar refractivity (Wildman–Crippen MR) is 118 cm³/mol. The van der Waals surface area contributed by atoms with E-state index >= 15 is 0 Å². The van der Waals surface area contributed by atoms with E-state index in [1.54, 1.807) is 6.07 Å². The normalized spacial score (nSPS) is 24.6. The van der Waals surface area contributed by atoms with Crippen molar-refractivity contribution in [3.05, 3.63) is 18.2 Å². The molecule has 0 spiro atoms. The lowest BCUT2D eigenvalue weighted by atomic mass is 10.1. The second-order valence-corrected chi connectivity index (χ2v) is 10.9. The number of hydrogen-bond donors (Lipinski definition) is 1. The smallest absolute Gasteiger partial charge is 0.243 e. The van der Waals surface area contributed by atoms with Crippen LogP contribution in [0, 0.1) is 5.92 Å². The van der Waals surface area contributed by atoms with Gasteiger partial charge in [0.2, 0.25) is 15.9 Å². The summed E-state index contributed by atoms with van der Waals surface area (Å²) >= 11 is 0. The molecule has 9 nitrogen and oxygen atoms in total. The molecule has 32 heavy (non-hydrogen) atoms. The lowest BCUT2D eigenvalue weighted by Gasteiger charge is -2.34. The van der Waals surface area contributed by atoms with Gasteiger partial charge in [0, 0.05) is 38.8 Å². The molecule has 0 saturated carbocycles. The van der Waals surface area contributed by atoms with Crippen LogP contribution in [0.5, 0.6) is 11.5 Å². The molecule has 2 fully saturated rings. The molecule has 2 saturated heterocycles. The first-order chi connectivity index (χ1) is 15.3. The zero-order valence-corrected chi connectivity index (χ0v) is 19.6. The zero-order valence-electron chi connectivity index (χ0n) is 18.8. The minimum atomic E-state index is -3.83. The Kier molecular flexibility index (Phi) is 7.24. The number of benzene rings is 1. The number of morpholine rings is 1. The zero-order chi connectivity index (χ0) is 22.7. The number of sulfonamides is 1. The number of fused-ring (bicyclic) bond motifs is 1. The summed E-state index contributed by atoms with van der Waals surface area (Å²) < 4.78 is 44.7. The van der Waals surface area contributed by atoms with Crippen molar-refractivity contribution in [1.29, 1.82) is 0 Å². The largest absolute Gasteiger partial charge is 0.486 e. The fraction of sp³-hybridized carbons (Fsp3) is 0.682. The molecule has 0 aliphatic carbocycles. The van der Waals surface area contributed by atoms with Gasteiger partial charge in [-0.2, -0.15) is 4.31 Å². The minimum absolute atomic E-state index is 0.0873. The van der Waals surface area contributed by atoms with Crippen LogP contribution in [-0.4, -0.2) is 88.2 Å². The van der Waals surface area contributed by atoms with Gasteiger partial charge in [-0.05, 0) is 30.9 Å². The summed E-state index contributed by atoms with van der Waals surface area (Å²) in [5.74, 6) is 1.25. The Morgan fingerprint density at radius 2 is 1.94 bits per heavy atom. The van der Waals surface area contributed by atoms with Gasteiger partial charge in [-0.3, -0.25) is 9.69 Å². The molecule has 2 unspecified atom stereocenters. The average molecular weight is 468 g/mol. The highest BCUT2D eigenvalue weighted by Crippen LogP contribution is 2.34. The van der Waals surface area contributed by atoms with Gasteiger partial charge < -0.3 is 19.5 Å². The second kappa shape index (κ2) is 9.94. The van der Waals surface area contributed by atoms with Crippen molar-refractivity contribution < 1.29 is 27.4 Å². The number of amides is 1. The topological polar surface area (TPSA) is 97.4 Å². The number of rotatable bonds is 7. The number of nitrogens with one attached hydrogen (secondary N) is 1. The quantitative estimate of drug-likeness (QED) is 0.641. The van der Waals surface area contributed by atoms with Crippen molar-refractivity contribution in [3.8, 4) is 11.5 Å². The van der Waals surface area contributed by atoms with Crippen LogP contribution in [0.4, 0.5) is 0 Å². The van der Waals surface area contributed by atoms with Crippen LogP contribution in [0.25, 0.3) is 0 Å². The molecule has 3 heterocycles. The molecule has 10 heteroatoms. The Bertz CT molecular complexity index is 922. The standard InChI is InChI=1S/C22H33N3O6S/c1-16(2)14-24-8-9-29-17(15-24)13-23-22(26)19-4-3-7-25(19)32(27,28)18-5-6-20-21(12-18)31-11-10-30-20/h5-6,12,16-17,19H,3-4,7-11,13-15H2,1-2H3,(H,23,26). The molecule has 3 aliphatic rings. The van der Waals surface area contributed by atoms with Crippen LogP contribution in [0.15, 0.2) is 23.1 Å². The van der Waals surface area contributed by atoms with E-state index in [1.807, 2.05) is 0 Å². The van der Waals surface area contributed by atoms with E-state index < -0.39 is 16.1 Å². The van der Waals surface area contributed by atoms with Crippen LogP contribution in [0.1, 0.15) is 26.7 Å². The van der Waals surface area contributed by atoms with E-state index in [9.17, 15) is 13.2 Å². The number of hydrogen-bond acceptors (Lipinski definition) is 7. The Labute approximate surface area is 190 Å². The molecular formula is C22H33N3O6S. The summed E-state index contributed by atoms with van der Waals surface area (Å²) in [7, 11) is -3.83. The van der Waals surface area contributed by atoms with Gasteiger partial charge in [-0.15, -0.1) is 0 Å². The number of nitrogens with zero attached hydrogens (tertiary/aromatic N) is 2. The third-order valence-corrected chi connectivity index (χ3v) is 7.88. The van der Waals surface area contributed by atoms with E-state index in [1.165, 1.54) is 16.4 Å². The summed E-state index contributed by atoms with van der Waals surface area (Å²) in [6, 6.07) is 3.88. The van der Waals surface area contributed by atoms with Crippen molar-refractivity contribution in [2.75, 3.05) is 52.5 Å². The maximum absolute atomic E-state index is 13.3. The van der Waals surface area contributed by atoms with Crippen LogP contribution >= 0.6 is 0 Å². The van der Waals surface area contributed by atoms with Gasteiger partial charge >= 0.3 is 0 Å². The summed E-state index contributed by atoms with van der Waals surface area (Å²) in [5.41, 5.74) is 0. The van der Waals surface area contributed by atoms with Crippen molar-refractivity contribution >= 4 is 15.9 Å². The van der Waals surface area contributed by atoms with Gasteiger partial charge in [-0.25, -0.2) is 8.42 Å². The summed E-state index contributed by atoms with van der Waals surface area (Å²) in [6.07, 6.45) is 1.06. The SMILES string of the molecule is CC(C)CN1CCOC(CNC(=O)C2CCCN2S(=O)(=O)c2ccc3c(c2)OCCO3)C1. The molecule has 2 atom stereocenters. The van der Waals surface area contributed by atoms with Gasteiger partial charge in [0.25, 0.3) is 0 Å². The summed E-state index contributed by atoms with van der Waals surface area (Å²) in [4.78, 5) is 15.4. The summed E-state index contributed by atoms with van der Waals surface area (Å²) in [6.45, 7) is 9.18. The van der Waals surface area contributed by atoms with Crippen molar-refractivity contribution in [2.24, 2.45) is 5.92 Å². The highest BCUT2D eigenvalue weighted by Gasteiger charge is 2.40. The van der Waals surface area contributed by atoms with Gasteiger partial charge in [0.05, 0.1) is 17.6 Å². The highest BCUT2D eigenvalue weighted by atomic mass is 32.2. The first kappa shape index (κ1) is 23.3. The van der Waals surface area contributed by atoms with E-state index in [0.717, 1.165) is 19.6 Å². The third-order valence-electron chi connectivity index (χ3n) is 5.98. The van der Waals surface area contributed by atoms with Crippen LogP contribution in [0.2, 0.25) is 0 Å². The highest BCUT2D eigenvalue weighted by molar-refractivity contribution is 7.89. The maximum Gasteiger partial charge on any atom is 0.243 e. The van der Waals surface area contributed by atoms with Crippen molar-refractivity contribution in [2.45, 2.75) is 43.7 Å². The molecule has 178 valence electrons. The van der Waals surface area contributed by atoms with Gasteiger partial charge in [0.1, 0.15) is 19.3 Å². The predicted octanol–water partition coefficient (Wildman–Crippen LogP) is 1.08. The molecule has 1 aromatic rings. The second-order valence-electron chi connectivity index (χ2n) is 8.97. The van der Waals surface area contributed by atoms with Crippen LogP contribution in [-0.2, 0) is 19.6 Å². The van der Waals surface area contributed by atoms with Crippen molar-refractivity contribution in [3.63, 3.8) is 0 Å². The van der Waals surface area contributed by atoms with Crippen LogP contribution < -0.4 is 14.8 Å². The van der Waals surface area contributed by atoms with Crippen LogP contribution in [0.3, 0.4) is 0 Å². The number of carbonyl (C=O) groups excluding carboxylic acids is 1. The minimum Gasteiger partial charge on any atom is -0.486 e. The molecule has 0 radical (unpaired) electrons. The Hall–Kier alpha value is -1.88. The van der Waals surface area contributed by atoms with Crippen molar-refractivity contribution in [1.82, 2.24) is 14.5 Å². The fourth-order valence-electron chi connectivity index (χ4n) is 4.53. The fourth-order valence-corrected chi connectivity index (χ4v) is 6.20.